The summed E-state index contributed by atoms with van der Waals surface area (Å²) in [6, 6.07) is 0. The Kier molecular flexibility index (Phi) is 3.10. The molecule has 0 bridgehead atoms. The van der Waals surface area contributed by atoms with Crippen LogP contribution in [-0.2, 0) is 6.42 Å². The van der Waals surface area contributed by atoms with Crippen molar-refractivity contribution in [2.45, 2.75) is 52.5 Å². The standard InChI is InChI=1S/C13H22N2S/c1-10-15-11(8-16-10)7-13(5-6-13)9-14-12(2,3)4/h8,14H,5-7,9H2,1-4H3. The molecule has 90 valence electrons. The molecule has 0 radical (unpaired) electrons. The van der Waals surface area contributed by atoms with E-state index in [1.54, 1.807) is 11.3 Å². The van der Waals surface area contributed by atoms with Crippen LogP contribution >= 0.6 is 11.3 Å². The summed E-state index contributed by atoms with van der Waals surface area (Å²) in [5, 5.41) is 7.03. The van der Waals surface area contributed by atoms with Crippen molar-refractivity contribution in [2.75, 3.05) is 6.54 Å². The summed E-state index contributed by atoms with van der Waals surface area (Å²) < 4.78 is 0. The number of hydrogen-bond acceptors (Lipinski definition) is 3. The Bertz CT molecular complexity index is 358. The highest BCUT2D eigenvalue weighted by Crippen LogP contribution is 2.48. The fourth-order valence-corrected chi connectivity index (χ4v) is 2.53. The first-order chi connectivity index (χ1) is 7.39. The smallest absolute Gasteiger partial charge is 0.0897 e. The summed E-state index contributed by atoms with van der Waals surface area (Å²) in [6.07, 6.45) is 3.86. The van der Waals surface area contributed by atoms with E-state index in [4.69, 9.17) is 0 Å². The number of rotatable bonds is 4. The van der Waals surface area contributed by atoms with Gasteiger partial charge in [-0.2, -0.15) is 0 Å². The van der Waals surface area contributed by atoms with E-state index >= 15 is 0 Å². The maximum Gasteiger partial charge on any atom is 0.0897 e. The van der Waals surface area contributed by atoms with Crippen LogP contribution in [0.25, 0.3) is 0 Å². The van der Waals surface area contributed by atoms with Gasteiger partial charge in [0.2, 0.25) is 0 Å². The van der Waals surface area contributed by atoms with Crippen LogP contribution in [0.3, 0.4) is 0 Å². The Morgan fingerprint density at radius 3 is 2.56 bits per heavy atom. The van der Waals surface area contributed by atoms with Crippen molar-refractivity contribution < 1.29 is 0 Å². The van der Waals surface area contributed by atoms with E-state index in [2.05, 4.69) is 43.4 Å². The first-order valence-corrected chi connectivity index (χ1v) is 6.93. The quantitative estimate of drug-likeness (QED) is 0.871. The molecule has 1 aromatic heterocycles. The SMILES string of the molecule is Cc1nc(CC2(CNC(C)(C)C)CC2)cs1. The van der Waals surface area contributed by atoms with Crippen molar-refractivity contribution in [3.05, 3.63) is 16.1 Å². The molecule has 0 unspecified atom stereocenters. The molecule has 3 heteroatoms. The Balaban J connectivity index is 1.89. The summed E-state index contributed by atoms with van der Waals surface area (Å²) in [6.45, 7) is 9.91. The van der Waals surface area contributed by atoms with E-state index in [0.717, 1.165) is 13.0 Å². The van der Waals surface area contributed by atoms with Gasteiger partial charge in [0.1, 0.15) is 0 Å². The summed E-state index contributed by atoms with van der Waals surface area (Å²) in [4.78, 5) is 4.57. The second kappa shape index (κ2) is 4.11. The lowest BCUT2D eigenvalue weighted by Crippen LogP contribution is -2.40. The van der Waals surface area contributed by atoms with Crippen molar-refractivity contribution in [3.63, 3.8) is 0 Å². The van der Waals surface area contributed by atoms with Crippen molar-refractivity contribution >= 4 is 11.3 Å². The highest BCUT2D eigenvalue weighted by molar-refractivity contribution is 7.09. The van der Waals surface area contributed by atoms with Crippen LogP contribution in [0, 0.1) is 12.3 Å². The minimum absolute atomic E-state index is 0.230. The molecule has 0 atom stereocenters. The summed E-state index contributed by atoms with van der Waals surface area (Å²) >= 11 is 1.76. The summed E-state index contributed by atoms with van der Waals surface area (Å²) in [7, 11) is 0. The van der Waals surface area contributed by atoms with E-state index in [1.165, 1.54) is 23.5 Å². The number of thiazole rings is 1. The van der Waals surface area contributed by atoms with Gasteiger partial charge in [0.25, 0.3) is 0 Å². The molecule has 1 heterocycles. The third kappa shape index (κ3) is 3.29. The summed E-state index contributed by atoms with van der Waals surface area (Å²) in [5.41, 5.74) is 2.03. The average Bonchev–Trinajstić information content (AvgIpc) is 2.80. The molecule has 1 aliphatic rings. The fraction of sp³-hybridized carbons (Fsp3) is 0.769. The van der Waals surface area contributed by atoms with Crippen molar-refractivity contribution in [1.82, 2.24) is 10.3 Å². The maximum atomic E-state index is 4.57. The first kappa shape index (κ1) is 12.1. The molecule has 16 heavy (non-hydrogen) atoms. The van der Waals surface area contributed by atoms with Gasteiger partial charge in [0.05, 0.1) is 10.7 Å². The number of aryl methyl sites for hydroxylation is 1. The predicted octanol–water partition coefficient (Wildman–Crippen LogP) is 3.16. The Morgan fingerprint density at radius 2 is 2.12 bits per heavy atom. The molecule has 1 N–H and O–H groups in total. The lowest BCUT2D eigenvalue weighted by Gasteiger charge is -2.24. The Morgan fingerprint density at radius 1 is 1.44 bits per heavy atom. The monoisotopic (exact) mass is 238 g/mol. The van der Waals surface area contributed by atoms with E-state index < -0.39 is 0 Å². The van der Waals surface area contributed by atoms with Crippen LogP contribution in [0.5, 0.6) is 0 Å². The molecule has 0 amide bonds. The van der Waals surface area contributed by atoms with Gasteiger partial charge in [0.15, 0.2) is 0 Å². The lowest BCUT2D eigenvalue weighted by atomic mass is 9.98. The Labute approximate surface area is 102 Å². The second-order valence-corrected chi connectivity index (χ2v) is 7.20. The zero-order valence-corrected chi connectivity index (χ0v) is 11.6. The molecular weight excluding hydrogens is 216 g/mol. The topological polar surface area (TPSA) is 24.9 Å². The van der Waals surface area contributed by atoms with E-state index in [-0.39, 0.29) is 5.54 Å². The molecule has 1 saturated carbocycles. The maximum absolute atomic E-state index is 4.57. The van der Waals surface area contributed by atoms with Gasteiger partial charge >= 0.3 is 0 Å². The van der Waals surface area contributed by atoms with Gasteiger partial charge in [-0.25, -0.2) is 4.98 Å². The highest BCUT2D eigenvalue weighted by atomic mass is 32.1. The minimum atomic E-state index is 0.230. The normalized spacial score (nSPS) is 18.8. The number of nitrogens with zero attached hydrogens (tertiary/aromatic N) is 1. The zero-order chi connectivity index (χ0) is 11.8. The lowest BCUT2D eigenvalue weighted by molar-refractivity contribution is 0.355. The third-order valence-electron chi connectivity index (χ3n) is 3.17. The fourth-order valence-electron chi connectivity index (χ4n) is 1.92. The number of hydrogen-bond donors (Lipinski definition) is 1. The van der Waals surface area contributed by atoms with Crippen molar-refractivity contribution in [2.24, 2.45) is 5.41 Å². The zero-order valence-electron chi connectivity index (χ0n) is 10.8. The van der Waals surface area contributed by atoms with E-state index in [0.29, 0.717) is 5.41 Å². The molecule has 0 aromatic carbocycles. The molecule has 0 saturated heterocycles. The van der Waals surface area contributed by atoms with Crippen molar-refractivity contribution in [3.8, 4) is 0 Å². The van der Waals surface area contributed by atoms with Gasteiger partial charge in [-0.15, -0.1) is 11.3 Å². The largest absolute Gasteiger partial charge is 0.312 e. The van der Waals surface area contributed by atoms with Gasteiger partial charge in [0, 0.05) is 17.5 Å². The minimum Gasteiger partial charge on any atom is -0.312 e. The molecular formula is C13H22N2S. The highest BCUT2D eigenvalue weighted by Gasteiger charge is 2.43. The van der Waals surface area contributed by atoms with Crippen molar-refractivity contribution in [1.29, 1.82) is 0 Å². The molecule has 0 aliphatic heterocycles. The first-order valence-electron chi connectivity index (χ1n) is 6.05. The molecule has 2 nitrogen and oxygen atoms in total. The Hall–Kier alpha value is -0.410. The molecule has 1 aliphatic carbocycles. The predicted molar refractivity (Wildman–Crippen MR) is 70.0 cm³/mol. The number of nitrogens with one attached hydrogen (secondary N) is 1. The molecule has 2 rings (SSSR count). The molecule has 1 fully saturated rings. The van der Waals surface area contributed by atoms with Crippen LogP contribution in [0.4, 0.5) is 0 Å². The number of aromatic nitrogens is 1. The summed E-state index contributed by atoms with van der Waals surface area (Å²) in [5.74, 6) is 0. The van der Waals surface area contributed by atoms with Crippen LogP contribution in [0.15, 0.2) is 5.38 Å². The van der Waals surface area contributed by atoms with E-state index in [1.807, 2.05) is 0 Å². The molecule has 0 spiro atoms. The third-order valence-corrected chi connectivity index (χ3v) is 4.00. The van der Waals surface area contributed by atoms with Crippen LogP contribution in [0.2, 0.25) is 0 Å². The van der Waals surface area contributed by atoms with Gasteiger partial charge < -0.3 is 5.32 Å². The van der Waals surface area contributed by atoms with Gasteiger partial charge in [-0.3, -0.25) is 0 Å². The second-order valence-electron chi connectivity index (χ2n) is 6.14. The van der Waals surface area contributed by atoms with Crippen LogP contribution < -0.4 is 5.32 Å². The molecule has 1 aromatic rings. The van der Waals surface area contributed by atoms with Crippen LogP contribution in [0.1, 0.15) is 44.3 Å². The van der Waals surface area contributed by atoms with Gasteiger partial charge in [-0.05, 0) is 52.4 Å². The van der Waals surface area contributed by atoms with Gasteiger partial charge in [-0.1, -0.05) is 0 Å². The van der Waals surface area contributed by atoms with E-state index in [9.17, 15) is 0 Å². The average molecular weight is 238 g/mol. The van der Waals surface area contributed by atoms with Crippen LogP contribution in [-0.4, -0.2) is 17.1 Å².